The molecule has 12 rings (SSSR count). The molecule has 416 valence electrons. The van der Waals surface area contributed by atoms with Crippen molar-refractivity contribution in [3.8, 4) is 0 Å². The van der Waals surface area contributed by atoms with Crippen LogP contribution in [0.3, 0.4) is 0 Å². The van der Waals surface area contributed by atoms with Crippen LogP contribution in [0.5, 0.6) is 0 Å². The molecule has 0 nitrogen and oxygen atoms in total. The zero-order chi connectivity index (χ0) is 56.6. The minimum Gasteiger partial charge on any atom is -0.0693 e. The summed E-state index contributed by atoms with van der Waals surface area (Å²) in [5.41, 5.74) is 18.8. The first-order valence-electron chi connectivity index (χ1n) is 29.9. The fraction of sp³-hybridized carbons (Fsp3) is 0.514. The van der Waals surface area contributed by atoms with Gasteiger partial charge in [-0.1, -0.05) is 257 Å². The lowest BCUT2D eigenvalue weighted by Gasteiger charge is -2.53. The highest BCUT2D eigenvalue weighted by Gasteiger charge is 2.46. The molecule has 0 amide bonds. The van der Waals surface area contributed by atoms with Crippen molar-refractivity contribution in [1.82, 2.24) is 0 Å². The average Bonchev–Trinajstić information content (AvgIpc) is 3.87. The van der Waals surface area contributed by atoms with Crippen molar-refractivity contribution in [3.63, 3.8) is 0 Å². The lowest BCUT2D eigenvalue weighted by Crippen LogP contribution is -2.43. The Morgan fingerprint density at radius 2 is 0.750 bits per heavy atom. The van der Waals surface area contributed by atoms with Gasteiger partial charge in [-0.05, 0) is 202 Å². The van der Waals surface area contributed by atoms with Crippen LogP contribution in [0.4, 0.5) is 0 Å². The van der Waals surface area contributed by atoms with E-state index >= 15 is 0 Å². The highest BCUT2D eigenvalue weighted by atomic mass is 28.3. The monoisotopic (exact) mass is 1060 g/mol. The third kappa shape index (κ3) is 25.5. The molecule has 6 aromatic rings. The summed E-state index contributed by atoms with van der Waals surface area (Å²) in [5.74, 6) is 6.75. The van der Waals surface area contributed by atoms with E-state index in [1.54, 1.807) is 50.2 Å². The van der Waals surface area contributed by atoms with Gasteiger partial charge in [0.15, 0.2) is 0 Å². The second-order valence-corrected chi connectivity index (χ2v) is 36.9. The number of aryl methyl sites for hydroxylation is 12. The Morgan fingerprint density at radius 3 is 1.04 bits per heavy atom. The molecule has 0 radical (unpaired) electrons. The lowest BCUT2D eigenvalue weighted by molar-refractivity contribution is -0.0282. The maximum Gasteiger partial charge on any atom is 0.0502 e. The fourth-order valence-electron chi connectivity index (χ4n) is 11.9. The van der Waals surface area contributed by atoms with Crippen molar-refractivity contribution in [2.75, 3.05) is 0 Å². The smallest absolute Gasteiger partial charge is 0.0502 e. The minimum absolute atomic E-state index is 0.603. The number of hydrogen-bond acceptors (Lipinski definition) is 0. The second-order valence-electron chi connectivity index (χ2n) is 26.2. The molecule has 2 heteroatoms. The van der Waals surface area contributed by atoms with Gasteiger partial charge in [0.25, 0.3) is 0 Å². The summed E-state index contributed by atoms with van der Waals surface area (Å²) in [6.07, 6.45) is 12.5. The van der Waals surface area contributed by atoms with E-state index in [9.17, 15) is 0 Å². The number of hydrogen-bond donors (Lipinski definition) is 0. The Bertz CT molecular complexity index is 2420. The van der Waals surface area contributed by atoms with Gasteiger partial charge in [0.05, 0.1) is 8.07 Å². The molecule has 0 aromatic heterocycles. The SMILES string of the molecule is CC1C2CC3CC(C2)CC1C3.CC1CCC[Si]1(C)C.CC1CC[Si](C)(C)C1.Cc1ccc(C)c(C)c1.Cc1ccc(C)cc1.Cc1cccc(C)c1.Cc1cccc(C)c1C.Cc1ccccc1.Cc1ccccc1C. The third-order valence-corrected chi connectivity index (χ3v) is 26.0. The summed E-state index contributed by atoms with van der Waals surface area (Å²) < 4.78 is 0. The van der Waals surface area contributed by atoms with Gasteiger partial charge in [0.2, 0.25) is 0 Å². The Labute approximate surface area is 472 Å². The van der Waals surface area contributed by atoms with Crippen LogP contribution in [0, 0.1) is 126 Å². The van der Waals surface area contributed by atoms with E-state index < -0.39 is 16.1 Å². The topological polar surface area (TPSA) is 0 Å². The number of benzene rings is 6. The molecule has 2 saturated heterocycles. The maximum absolute atomic E-state index is 2.52. The van der Waals surface area contributed by atoms with E-state index in [0.717, 1.165) is 41.0 Å². The van der Waals surface area contributed by atoms with Gasteiger partial charge in [-0.15, -0.1) is 0 Å². The molecular formula is C74H112Si2. The Balaban J connectivity index is 0.000000226. The van der Waals surface area contributed by atoms with Crippen molar-refractivity contribution in [1.29, 1.82) is 0 Å². The third-order valence-electron chi connectivity index (χ3n) is 18.0. The largest absolute Gasteiger partial charge is 0.0693 e. The van der Waals surface area contributed by atoms with Crippen LogP contribution in [0.15, 0.2) is 140 Å². The fourth-order valence-corrected chi connectivity index (χ4v) is 18.1. The van der Waals surface area contributed by atoms with Gasteiger partial charge in [-0.3, -0.25) is 0 Å². The molecular weight excluding hydrogens is 945 g/mol. The summed E-state index contributed by atoms with van der Waals surface area (Å²) in [6, 6.07) is 53.2. The van der Waals surface area contributed by atoms with Gasteiger partial charge in [0.1, 0.15) is 0 Å². The van der Waals surface area contributed by atoms with Crippen LogP contribution < -0.4 is 0 Å². The highest BCUT2D eigenvalue weighted by Crippen LogP contribution is 2.56. The van der Waals surface area contributed by atoms with Gasteiger partial charge in [-0.25, -0.2) is 0 Å². The Kier molecular flexibility index (Phi) is 28.9. The van der Waals surface area contributed by atoms with E-state index in [-0.39, 0.29) is 0 Å². The molecule has 6 fully saturated rings. The van der Waals surface area contributed by atoms with Crippen LogP contribution in [0.25, 0.3) is 0 Å². The Hall–Kier alpha value is -4.25. The molecule has 76 heavy (non-hydrogen) atoms. The van der Waals surface area contributed by atoms with Crippen molar-refractivity contribution >= 4 is 16.1 Å². The normalized spacial score (nSPS) is 22.2. The molecule has 2 aliphatic heterocycles. The van der Waals surface area contributed by atoms with E-state index in [4.69, 9.17) is 0 Å². The molecule has 4 aliphatic carbocycles. The first-order valence-corrected chi connectivity index (χ1v) is 36.6. The highest BCUT2D eigenvalue weighted by molar-refractivity contribution is 6.79. The first-order chi connectivity index (χ1) is 35.7. The van der Waals surface area contributed by atoms with Crippen LogP contribution in [0.2, 0.25) is 49.9 Å². The quantitative estimate of drug-likeness (QED) is 0.133. The molecule has 6 aliphatic rings. The summed E-state index contributed by atoms with van der Waals surface area (Å²) in [4.78, 5) is 0. The van der Waals surface area contributed by atoms with Crippen molar-refractivity contribution in [3.05, 3.63) is 212 Å². The molecule has 4 saturated carbocycles. The van der Waals surface area contributed by atoms with Gasteiger partial charge >= 0.3 is 0 Å². The lowest BCUT2D eigenvalue weighted by atomic mass is 9.52. The zero-order valence-electron chi connectivity index (χ0n) is 52.6. The molecule has 0 spiro atoms. The Morgan fingerprint density at radius 1 is 0.355 bits per heavy atom. The van der Waals surface area contributed by atoms with E-state index in [2.05, 4.69) is 258 Å². The minimum atomic E-state index is -0.644. The summed E-state index contributed by atoms with van der Waals surface area (Å²) in [6.45, 7) is 44.9. The molecule has 2 unspecified atom stereocenters. The second kappa shape index (κ2) is 33.2. The predicted molar refractivity (Wildman–Crippen MR) is 348 cm³/mol. The van der Waals surface area contributed by atoms with Gasteiger partial charge in [0, 0.05) is 8.07 Å². The van der Waals surface area contributed by atoms with Crippen LogP contribution in [0.1, 0.15) is 144 Å². The summed E-state index contributed by atoms with van der Waals surface area (Å²) in [5, 5.41) is 0. The van der Waals surface area contributed by atoms with Crippen LogP contribution in [-0.2, 0) is 0 Å². The van der Waals surface area contributed by atoms with Gasteiger partial charge < -0.3 is 0 Å². The van der Waals surface area contributed by atoms with Crippen LogP contribution in [-0.4, -0.2) is 16.1 Å². The number of rotatable bonds is 0. The molecule has 2 heterocycles. The predicted octanol–water partition coefficient (Wildman–Crippen LogP) is 22.8. The van der Waals surface area contributed by atoms with Crippen molar-refractivity contribution < 1.29 is 0 Å². The van der Waals surface area contributed by atoms with Crippen LogP contribution >= 0.6 is 0 Å². The van der Waals surface area contributed by atoms with E-state index in [1.165, 1.54) is 91.6 Å². The van der Waals surface area contributed by atoms with Crippen molar-refractivity contribution in [2.24, 2.45) is 35.5 Å². The van der Waals surface area contributed by atoms with Gasteiger partial charge in [-0.2, -0.15) is 0 Å². The molecule has 4 bridgehead atoms. The first kappa shape index (κ1) is 66.0. The van der Waals surface area contributed by atoms with E-state index in [0.29, 0.717) is 0 Å². The zero-order valence-corrected chi connectivity index (χ0v) is 54.6. The van der Waals surface area contributed by atoms with E-state index in [1.807, 2.05) is 18.2 Å². The van der Waals surface area contributed by atoms with Crippen molar-refractivity contribution in [2.45, 2.75) is 212 Å². The average molecular weight is 1060 g/mol. The summed E-state index contributed by atoms with van der Waals surface area (Å²) in [7, 11) is -1.25. The standard InChI is InChI=1S/C11H18.2C9H12.3C8H10.2C7H16Si.C7H8/c1-7-10-3-8-2-9(5-10)6-11(7)4-8;1-7-4-5-8(2)9(3)6-7;1-7-5-4-6-8(2)9(7)3;1-7-3-5-8(2)6-4-7;1-7-4-3-5-8(2)6-7;1-7-5-3-4-6-8(7)2;1-7-4-5-8(2,3)6-7;1-7-5-4-6-8(7,2)3;1-7-5-3-2-4-6-7/h7-11H,2-6H2,1H3;2*4-6H,1-3H3;3*3-6H,1-2H3;2*7H,4-6H2,1-3H3;2-6H,1H3. The summed E-state index contributed by atoms with van der Waals surface area (Å²) >= 11 is 0. The maximum atomic E-state index is 2.52. The molecule has 6 aromatic carbocycles. The molecule has 0 N–H and O–H groups in total. The molecule has 2 atom stereocenters.